The van der Waals surface area contributed by atoms with Crippen molar-refractivity contribution in [1.29, 1.82) is 0 Å². The summed E-state index contributed by atoms with van der Waals surface area (Å²) in [5.41, 5.74) is 7.16. The normalized spacial score (nSPS) is 17.5. The molecule has 224 valence electrons. The van der Waals surface area contributed by atoms with Gasteiger partial charge in [0.2, 0.25) is 0 Å². The van der Waals surface area contributed by atoms with E-state index >= 15 is 0 Å². The first kappa shape index (κ1) is 33.0. The molecule has 1 aromatic heterocycles. The Bertz CT molecular complexity index is 984. The summed E-state index contributed by atoms with van der Waals surface area (Å²) in [7, 11) is 1.66. The van der Waals surface area contributed by atoms with Gasteiger partial charge in [0.1, 0.15) is 18.5 Å². The molecule has 40 heavy (non-hydrogen) atoms. The lowest BCUT2D eigenvalue weighted by atomic mass is 9.96. The predicted molar refractivity (Wildman–Crippen MR) is 151 cm³/mol. The van der Waals surface area contributed by atoms with Gasteiger partial charge in [-0.05, 0) is 69.6 Å². The van der Waals surface area contributed by atoms with Crippen molar-refractivity contribution in [2.45, 2.75) is 64.1 Å². The number of likely N-dealkylation sites (tertiary alicyclic amines) is 2. The molecular weight excluding hydrogens is 518 g/mol. The van der Waals surface area contributed by atoms with Gasteiger partial charge < -0.3 is 40.4 Å². The zero-order chi connectivity index (χ0) is 29.5. The summed E-state index contributed by atoms with van der Waals surface area (Å²) in [6.45, 7) is 7.91. The summed E-state index contributed by atoms with van der Waals surface area (Å²) in [6.07, 6.45) is 7.41. The number of aliphatic hydroxyl groups is 1. The maximum Gasteiger partial charge on any atom is 0.300 e. The second-order valence-electron chi connectivity index (χ2n) is 10.2. The number of piperidine rings is 2. The molecule has 2 fully saturated rings. The van der Waals surface area contributed by atoms with Crippen LogP contribution in [0.2, 0.25) is 0 Å². The van der Waals surface area contributed by atoms with E-state index in [1.165, 1.54) is 5.56 Å². The van der Waals surface area contributed by atoms with Gasteiger partial charge in [-0.25, -0.2) is 4.98 Å². The Morgan fingerprint density at radius 1 is 1.05 bits per heavy atom. The number of hydrogen-bond donors (Lipinski definition) is 5. The van der Waals surface area contributed by atoms with E-state index in [-0.39, 0.29) is 6.61 Å². The molecule has 4 rings (SSSR count). The van der Waals surface area contributed by atoms with Gasteiger partial charge in [-0.15, -0.1) is 0 Å². The van der Waals surface area contributed by atoms with Gasteiger partial charge in [0.05, 0.1) is 7.11 Å². The van der Waals surface area contributed by atoms with Gasteiger partial charge in [0, 0.05) is 51.3 Å². The van der Waals surface area contributed by atoms with Gasteiger partial charge in [-0.1, -0.05) is 6.07 Å². The molecule has 2 saturated heterocycles. The Morgan fingerprint density at radius 3 is 2.20 bits per heavy atom. The van der Waals surface area contributed by atoms with E-state index in [0.717, 1.165) is 78.1 Å². The van der Waals surface area contributed by atoms with Gasteiger partial charge >= 0.3 is 0 Å². The van der Waals surface area contributed by atoms with E-state index in [4.69, 9.17) is 35.0 Å². The van der Waals surface area contributed by atoms with Crippen LogP contribution in [0.4, 0.5) is 0 Å². The number of β-amino-alcohol motifs (C(OH)–C–C–N with tert-alkyl or cyclic N) is 1. The number of nitrogens with two attached hydrogens (primary N) is 1. The summed E-state index contributed by atoms with van der Waals surface area (Å²) in [4.78, 5) is 30.4. The zero-order valence-electron chi connectivity index (χ0n) is 23.8. The van der Waals surface area contributed by atoms with E-state index < -0.39 is 18.0 Å². The van der Waals surface area contributed by atoms with Gasteiger partial charge in [-0.3, -0.25) is 14.5 Å². The van der Waals surface area contributed by atoms with E-state index in [0.29, 0.717) is 30.0 Å². The van der Waals surface area contributed by atoms with Crippen molar-refractivity contribution in [2.24, 2.45) is 5.73 Å². The second kappa shape index (κ2) is 17.5. The molecule has 12 heteroatoms. The molecule has 1 unspecified atom stereocenters. The number of H-pyrrole nitrogens is 1. The number of nitrogens with one attached hydrogen (secondary N) is 1. The lowest BCUT2D eigenvalue weighted by Crippen LogP contribution is -2.44. The molecule has 0 amide bonds. The van der Waals surface area contributed by atoms with Crippen LogP contribution in [0, 0.1) is 0 Å². The molecule has 2 aliphatic rings. The highest BCUT2D eigenvalue weighted by atomic mass is 16.5. The maximum atomic E-state index is 10.4. The zero-order valence-corrected chi connectivity index (χ0v) is 23.8. The summed E-state index contributed by atoms with van der Waals surface area (Å²) < 4.78 is 11.5. The monoisotopic (exact) mass is 563 g/mol. The van der Waals surface area contributed by atoms with Gasteiger partial charge in [0.15, 0.2) is 11.5 Å². The van der Waals surface area contributed by atoms with Crippen LogP contribution < -0.4 is 15.2 Å². The third-order valence-electron chi connectivity index (χ3n) is 6.66. The first-order valence-electron chi connectivity index (χ1n) is 13.6. The van der Waals surface area contributed by atoms with Crippen molar-refractivity contribution in [1.82, 2.24) is 19.8 Å². The Balaban J connectivity index is 0.000000621. The summed E-state index contributed by atoms with van der Waals surface area (Å²) in [6, 6.07) is 6.39. The summed E-state index contributed by atoms with van der Waals surface area (Å²) in [5, 5.41) is 25.2. The number of nitrogens with zero attached hydrogens (tertiary/aromatic N) is 3. The molecule has 0 aliphatic carbocycles. The van der Waals surface area contributed by atoms with E-state index in [1.54, 1.807) is 7.11 Å². The number of aliphatic carboxylic acids is 2. The van der Waals surface area contributed by atoms with Crippen LogP contribution in [0.25, 0.3) is 0 Å². The van der Waals surface area contributed by atoms with Crippen LogP contribution in [0.1, 0.15) is 56.8 Å². The molecule has 0 saturated carbocycles. The molecule has 2 aliphatic heterocycles. The van der Waals surface area contributed by atoms with Crippen LogP contribution in [0.15, 0.2) is 30.6 Å². The topological polar surface area (TPSA) is 174 Å². The third kappa shape index (κ3) is 12.8. The van der Waals surface area contributed by atoms with Crippen molar-refractivity contribution in [3.63, 3.8) is 0 Å². The highest BCUT2D eigenvalue weighted by Gasteiger charge is 2.23. The number of aliphatic hydroxyl groups excluding tert-OH is 1. The second-order valence-corrected chi connectivity index (χ2v) is 10.2. The first-order valence-corrected chi connectivity index (χ1v) is 13.6. The molecule has 2 aromatic rings. The lowest BCUT2D eigenvalue weighted by Gasteiger charge is -2.31. The van der Waals surface area contributed by atoms with Crippen molar-refractivity contribution in [3.05, 3.63) is 42.0 Å². The van der Waals surface area contributed by atoms with Crippen LogP contribution in [-0.2, 0) is 16.1 Å². The number of methoxy groups -OCH3 is 1. The van der Waals surface area contributed by atoms with Crippen LogP contribution >= 0.6 is 0 Å². The maximum absolute atomic E-state index is 10.4. The van der Waals surface area contributed by atoms with Crippen molar-refractivity contribution < 1.29 is 34.4 Å². The van der Waals surface area contributed by atoms with Crippen molar-refractivity contribution in [3.8, 4) is 11.5 Å². The quantitative estimate of drug-likeness (QED) is 0.302. The minimum Gasteiger partial charge on any atom is -0.493 e. The molecule has 1 atom stereocenters. The minimum absolute atomic E-state index is 0.249. The average Bonchev–Trinajstić information content (AvgIpc) is 3.44. The molecule has 3 heterocycles. The van der Waals surface area contributed by atoms with Gasteiger partial charge in [0.25, 0.3) is 11.9 Å². The minimum atomic E-state index is -0.833. The van der Waals surface area contributed by atoms with Gasteiger partial charge in [-0.2, -0.15) is 0 Å². The highest BCUT2D eigenvalue weighted by Crippen LogP contribution is 2.30. The number of rotatable bonds is 9. The number of aromatic nitrogens is 2. The SMILES string of the molecule is CC(=O)O.CC(=O)O.COc1cc(CN2CCC(c3ncc[nH]3)CC2)ccc1OCC(O)CN1CCC(N)CC1. The third-order valence-corrected chi connectivity index (χ3v) is 6.66. The first-order chi connectivity index (χ1) is 19.1. The molecule has 0 spiro atoms. The average molecular weight is 564 g/mol. The fourth-order valence-electron chi connectivity index (χ4n) is 4.73. The van der Waals surface area contributed by atoms with Crippen LogP contribution in [0.3, 0.4) is 0 Å². The fourth-order valence-corrected chi connectivity index (χ4v) is 4.73. The Kier molecular flexibility index (Phi) is 14.4. The fraction of sp³-hybridized carbons (Fsp3) is 0.607. The number of carboxylic acid groups (broad SMARTS) is 2. The van der Waals surface area contributed by atoms with Crippen LogP contribution in [0.5, 0.6) is 11.5 Å². The molecule has 0 radical (unpaired) electrons. The van der Waals surface area contributed by atoms with Crippen LogP contribution in [-0.4, -0.2) is 106 Å². The number of carbonyl (C=O) groups is 2. The summed E-state index contributed by atoms with van der Waals surface area (Å²) in [5.74, 6) is 1.36. The van der Waals surface area contributed by atoms with E-state index in [1.807, 2.05) is 24.5 Å². The van der Waals surface area contributed by atoms with E-state index in [2.05, 4.69) is 25.8 Å². The number of carboxylic acids is 2. The number of imidazole rings is 1. The molecule has 1 aromatic carbocycles. The molecule has 0 bridgehead atoms. The van der Waals surface area contributed by atoms with E-state index in [9.17, 15) is 5.11 Å². The number of hydrogen-bond acceptors (Lipinski definition) is 9. The number of aromatic amines is 1. The van der Waals surface area contributed by atoms with Crippen molar-refractivity contribution >= 4 is 11.9 Å². The Morgan fingerprint density at radius 2 is 1.65 bits per heavy atom. The molecular formula is C28H45N5O7. The standard InChI is InChI=1S/C24H37N5O3.2C2H4O2/c1-31-23-14-18(15-28-10-4-19(5-11-28)24-26-8-9-27-24)2-3-22(23)32-17-21(30)16-29-12-6-20(25)7-13-29;2*1-2(3)4/h2-3,8-9,14,19-21,30H,4-7,10-13,15-17,25H2,1H3,(H,26,27);2*1H3,(H,3,4). The Labute approximate surface area is 236 Å². The number of benzene rings is 1. The molecule has 6 N–H and O–H groups in total. The smallest absolute Gasteiger partial charge is 0.300 e. The largest absolute Gasteiger partial charge is 0.493 e. The number of ether oxygens (including phenoxy) is 2. The van der Waals surface area contributed by atoms with Crippen molar-refractivity contribution in [2.75, 3.05) is 46.4 Å². The summed E-state index contributed by atoms with van der Waals surface area (Å²) >= 11 is 0. The lowest BCUT2D eigenvalue weighted by molar-refractivity contribution is -0.135. The Hall–Kier alpha value is -3.19. The predicted octanol–water partition coefficient (Wildman–Crippen LogP) is 2.14. The highest BCUT2D eigenvalue weighted by molar-refractivity contribution is 5.63. The molecule has 12 nitrogen and oxygen atoms in total.